The smallest absolute Gasteiger partial charge is 0.191 e. The fourth-order valence-electron chi connectivity index (χ4n) is 2.62. The summed E-state index contributed by atoms with van der Waals surface area (Å²) in [6.45, 7) is 11.7. The third-order valence-electron chi connectivity index (χ3n) is 3.71. The minimum absolute atomic E-state index is 0.0967. The number of rotatable bonds is 3. The van der Waals surface area contributed by atoms with E-state index in [2.05, 4.69) is 61.5 Å². The maximum Gasteiger partial charge on any atom is 0.191 e. The van der Waals surface area contributed by atoms with Crippen molar-refractivity contribution in [3.05, 3.63) is 34.9 Å². The lowest BCUT2D eigenvalue weighted by Crippen LogP contribution is -2.45. The summed E-state index contributed by atoms with van der Waals surface area (Å²) in [6.07, 6.45) is 1.13. The van der Waals surface area contributed by atoms with Crippen LogP contribution in [0.2, 0.25) is 0 Å². The van der Waals surface area contributed by atoms with Crippen molar-refractivity contribution in [3.63, 3.8) is 0 Å². The van der Waals surface area contributed by atoms with Crippen molar-refractivity contribution in [2.75, 3.05) is 19.6 Å². The van der Waals surface area contributed by atoms with Crippen molar-refractivity contribution in [1.29, 1.82) is 0 Å². The van der Waals surface area contributed by atoms with Crippen molar-refractivity contribution in [2.24, 2.45) is 4.99 Å². The molecule has 0 atom stereocenters. The standard InChI is InChI=1S/C16H25N3/c1-12-6-7-14(13(2)10-12)16(3,4)11-19-15-17-8-5-9-18-15/h6-7,10H,5,8-9,11H2,1-4H3,(H2,17,18,19). The fraction of sp³-hybridized carbons (Fsp3) is 0.562. The topological polar surface area (TPSA) is 36.4 Å². The summed E-state index contributed by atoms with van der Waals surface area (Å²) in [4.78, 5) is 4.46. The lowest BCUT2D eigenvalue weighted by atomic mass is 9.81. The van der Waals surface area contributed by atoms with Gasteiger partial charge >= 0.3 is 0 Å². The zero-order chi connectivity index (χ0) is 13.9. The van der Waals surface area contributed by atoms with Crippen LogP contribution in [-0.4, -0.2) is 25.6 Å². The van der Waals surface area contributed by atoms with E-state index in [0.717, 1.165) is 32.0 Å². The SMILES string of the molecule is Cc1ccc(C(C)(C)CNC2=NCCCN2)c(C)c1. The van der Waals surface area contributed by atoms with E-state index < -0.39 is 0 Å². The summed E-state index contributed by atoms with van der Waals surface area (Å²) < 4.78 is 0. The van der Waals surface area contributed by atoms with Crippen LogP contribution in [0.3, 0.4) is 0 Å². The van der Waals surface area contributed by atoms with Crippen LogP contribution in [-0.2, 0) is 5.41 Å². The van der Waals surface area contributed by atoms with Crippen molar-refractivity contribution < 1.29 is 0 Å². The van der Waals surface area contributed by atoms with Gasteiger partial charge in [0.25, 0.3) is 0 Å². The number of hydrogen-bond donors (Lipinski definition) is 2. The van der Waals surface area contributed by atoms with E-state index in [1.807, 2.05) is 0 Å². The molecule has 0 radical (unpaired) electrons. The van der Waals surface area contributed by atoms with Gasteiger partial charge in [0.2, 0.25) is 0 Å². The van der Waals surface area contributed by atoms with E-state index in [4.69, 9.17) is 0 Å². The molecule has 1 aliphatic heterocycles. The van der Waals surface area contributed by atoms with Crippen LogP contribution in [0.4, 0.5) is 0 Å². The molecule has 3 nitrogen and oxygen atoms in total. The summed E-state index contributed by atoms with van der Waals surface area (Å²) in [5.41, 5.74) is 4.19. The molecule has 2 rings (SSSR count). The van der Waals surface area contributed by atoms with Crippen LogP contribution in [0.25, 0.3) is 0 Å². The average Bonchev–Trinajstić information content (AvgIpc) is 2.37. The van der Waals surface area contributed by atoms with E-state index in [9.17, 15) is 0 Å². The van der Waals surface area contributed by atoms with Crippen LogP contribution < -0.4 is 10.6 Å². The number of hydrogen-bond acceptors (Lipinski definition) is 3. The molecule has 1 aliphatic rings. The minimum Gasteiger partial charge on any atom is -0.356 e. The summed E-state index contributed by atoms with van der Waals surface area (Å²) in [5.74, 6) is 0.948. The number of benzene rings is 1. The van der Waals surface area contributed by atoms with Crippen LogP contribution in [0, 0.1) is 13.8 Å². The van der Waals surface area contributed by atoms with Crippen LogP contribution >= 0.6 is 0 Å². The predicted molar refractivity (Wildman–Crippen MR) is 81.9 cm³/mol. The molecule has 2 N–H and O–H groups in total. The fourth-order valence-corrected chi connectivity index (χ4v) is 2.62. The molecule has 19 heavy (non-hydrogen) atoms. The molecule has 3 heteroatoms. The summed E-state index contributed by atoms with van der Waals surface area (Å²) in [5, 5.41) is 6.75. The maximum absolute atomic E-state index is 4.46. The Hall–Kier alpha value is -1.51. The van der Waals surface area contributed by atoms with Crippen molar-refractivity contribution in [1.82, 2.24) is 10.6 Å². The summed E-state index contributed by atoms with van der Waals surface area (Å²) in [6, 6.07) is 6.70. The molecular formula is C16H25N3. The van der Waals surface area contributed by atoms with Gasteiger partial charge < -0.3 is 10.6 Å². The van der Waals surface area contributed by atoms with Crippen LogP contribution in [0.1, 0.15) is 37.0 Å². The van der Waals surface area contributed by atoms with Crippen LogP contribution in [0.5, 0.6) is 0 Å². The normalized spacial score (nSPS) is 15.7. The molecule has 1 aromatic carbocycles. The first kappa shape index (κ1) is 13.9. The van der Waals surface area contributed by atoms with E-state index in [-0.39, 0.29) is 5.41 Å². The average molecular weight is 259 g/mol. The molecular weight excluding hydrogens is 234 g/mol. The van der Waals surface area contributed by atoms with Gasteiger partial charge in [-0.05, 0) is 31.4 Å². The molecule has 104 valence electrons. The zero-order valence-corrected chi connectivity index (χ0v) is 12.5. The first-order valence-corrected chi connectivity index (χ1v) is 7.09. The molecule has 1 heterocycles. The Bertz CT molecular complexity index is 475. The molecule has 0 fully saturated rings. The molecule has 0 unspecified atom stereocenters. The van der Waals surface area contributed by atoms with Gasteiger partial charge in [-0.25, -0.2) is 0 Å². The second-order valence-corrected chi connectivity index (χ2v) is 6.07. The van der Waals surface area contributed by atoms with Gasteiger partial charge in [-0.15, -0.1) is 0 Å². The quantitative estimate of drug-likeness (QED) is 0.875. The Balaban J connectivity index is 2.06. The highest BCUT2D eigenvalue weighted by Gasteiger charge is 2.23. The highest BCUT2D eigenvalue weighted by molar-refractivity contribution is 5.80. The van der Waals surface area contributed by atoms with Crippen LogP contribution in [0.15, 0.2) is 23.2 Å². The molecule has 0 bridgehead atoms. The third-order valence-corrected chi connectivity index (χ3v) is 3.71. The van der Waals surface area contributed by atoms with Gasteiger partial charge in [0.15, 0.2) is 5.96 Å². The maximum atomic E-state index is 4.46. The number of nitrogens with one attached hydrogen (secondary N) is 2. The van der Waals surface area contributed by atoms with Gasteiger partial charge in [-0.3, -0.25) is 4.99 Å². The van der Waals surface area contributed by atoms with Gasteiger partial charge in [-0.1, -0.05) is 37.6 Å². The molecule has 0 amide bonds. The summed E-state index contributed by atoms with van der Waals surface area (Å²) in [7, 11) is 0. The first-order chi connectivity index (χ1) is 8.99. The Labute approximate surface area is 116 Å². The second-order valence-electron chi connectivity index (χ2n) is 6.07. The molecule has 1 aromatic rings. The lowest BCUT2D eigenvalue weighted by molar-refractivity contribution is 0.503. The van der Waals surface area contributed by atoms with E-state index in [1.54, 1.807) is 0 Å². The van der Waals surface area contributed by atoms with Crippen molar-refractivity contribution >= 4 is 5.96 Å². The highest BCUT2D eigenvalue weighted by atomic mass is 15.2. The monoisotopic (exact) mass is 259 g/mol. The molecule has 0 aliphatic carbocycles. The predicted octanol–water partition coefficient (Wildman–Crippen LogP) is 2.52. The van der Waals surface area contributed by atoms with Crippen molar-refractivity contribution in [3.8, 4) is 0 Å². The van der Waals surface area contributed by atoms with E-state index in [1.165, 1.54) is 16.7 Å². The Kier molecular flexibility index (Phi) is 4.13. The Morgan fingerprint density at radius 1 is 1.32 bits per heavy atom. The lowest BCUT2D eigenvalue weighted by Gasteiger charge is -2.29. The van der Waals surface area contributed by atoms with Gasteiger partial charge in [0.1, 0.15) is 0 Å². The number of aryl methyl sites for hydroxylation is 2. The number of aliphatic imine (C=N–C) groups is 1. The molecule has 0 spiro atoms. The third kappa shape index (κ3) is 3.49. The molecule has 0 aromatic heterocycles. The van der Waals surface area contributed by atoms with Gasteiger partial charge in [0.05, 0.1) is 0 Å². The second kappa shape index (κ2) is 5.64. The number of guanidine groups is 1. The Morgan fingerprint density at radius 2 is 2.11 bits per heavy atom. The molecule has 0 saturated heterocycles. The van der Waals surface area contributed by atoms with Gasteiger partial charge in [0, 0.05) is 25.0 Å². The Morgan fingerprint density at radius 3 is 2.74 bits per heavy atom. The highest BCUT2D eigenvalue weighted by Crippen LogP contribution is 2.26. The summed E-state index contributed by atoms with van der Waals surface area (Å²) >= 11 is 0. The molecule has 0 saturated carbocycles. The van der Waals surface area contributed by atoms with Gasteiger partial charge in [-0.2, -0.15) is 0 Å². The first-order valence-electron chi connectivity index (χ1n) is 7.09. The minimum atomic E-state index is 0.0967. The van der Waals surface area contributed by atoms with Crippen molar-refractivity contribution in [2.45, 2.75) is 39.5 Å². The largest absolute Gasteiger partial charge is 0.356 e. The van der Waals surface area contributed by atoms with E-state index in [0.29, 0.717) is 0 Å². The number of nitrogens with zero attached hydrogens (tertiary/aromatic N) is 1. The van der Waals surface area contributed by atoms with E-state index >= 15 is 0 Å². The zero-order valence-electron chi connectivity index (χ0n) is 12.5.